The van der Waals surface area contributed by atoms with E-state index >= 15 is 0 Å². The van der Waals surface area contributed by atoms with Gasteiger partial charge in [-0.2, -0.15) is 0 Å². The van der Waals surface area contributed by atoms with Crippen molar-refractivity contribution >= 4 is 18.0 Å². The maximum absolute atomic E-state index is 10.5. The summed E-state index contributed by atoms with van der Waals surface area (Å²) in [6.45, 7) is 3.50. The average Bonchev–Trinajstić information content (AvgIpc) is 2.52. The van der Waals surface area contributed by atoms with Crippen molar-refractivity contribution in [3.05, 3.63) is 54.1 Å². The van der Waals surface area contributed by atoms with Gasteiger partial charge in [-0.05, 0) is 30.7 Å². The first-order valence-corrected chi connectivity index (χ1v) is 6.56. The Morgan fingerprint density at radius 3 is 2.52 bits per heavy atom. The molecule has 6 nitrogen and oxygen atoms in total. The molecule has 0 aliphatic heterocycles. The molecule has 0 aliphatic rings. The molecule has 0 saturated carbocycles. The summed E-state index contributed by atoms with van der Waals surface area (Å²) in [6.07, 6.45) is 9.25. The molecule has 6 heteroatoms. The van der Waals surface area contributed by atoms with Crippen molar-refractivity contribution in [1.82, 2.24) is 15.0 Å². The van der Waals surface area contributed by atoms with Gasteiger partial charge < -0.3 is 10.0 Å². The summed E-state index contributed by atoms with van der Waals surface area (Å²) in [6, 6.07) is 3.90. The molecule has 2 aromatic rings. The Labute approximate surface area is 122 Å². The van der Waals surface area contributed by atoms with Gasteiger partial charge in [-0.25, -0.2) is 14.8 Å². The molecule has 0 fully saturated rings. The van der Waals surface area contributed by atoms with Gasteiger partial charge in [0.15, 0.2) is 0 Å². The third kappa shape index (κ3) is 4.38. The fourth-order valence-corrected chi connectivity index (χ4v) is 1.78. The Morgan fingerprint density at radius 2 is 1.95 bits per heavy atom. The van der Waals surface area contributed by atoms with E-state index in [0.717, 1.165) is 18.2 Å². The molecule has 21 heavy (non-hydrogen) atoms. The lowest BCUT2D eigenvalue weighted by Crippen LogP contribution is -2.24. The first-order valence-electron chi connectivity index (χ1n) is 6.56. The fraction of sp³-hybridized carbons (Fsp3) is 0.200. The third-order valence-corrected chi connectivity index (χ3v) is 2.86. The molecular formula is C15H16N4O2. The van der Waals surface area contributed by atoms with Crippen LogP contribution in [0.1, 0.15) is 18.1 Å². The predicted molar refractivity (Wildman–Crippen MR) is 79.7 cm³/mol. The van der Waals surface area contributed by atoms with Crippen LogP contribution in [0.5, 0.6) is 0 Å². The summed E-state index contributed by atoms with van der Waals surface area (Å²) in [7, 11) is 0. The first-order chi connectivity index (χ1) is 10.2. The molecule has 0 radical (unpaired) electrons. The summed E-state index contributed by atoms with van der Waals surface area (Å²) in [5, 5.41) is 8.58. The van der Waals surface area contributed by atoms with E-state index in [2.05, 4.69) is 15.0 Å². The Bertz CT molecular complexity index is 611. The molecule has 2 aromatic heterocycles. The maximum atomic E-state index is 10.5. The molecule has 108 valence electrons. The van der Waals surface area contributed by atoms with Crippen molar-refractivity contribution in [3.8, 4) is 0 Å². The van der Waals surface area contributed by atoms with Crippen LogP contribution in [-0.2, 0) is 11.3 Å². The fourth-order valence-electron chi connectivity index (χ4n) is 1.78. The minimum Gasteiger partial charge on any atom is -0.478 e. The van der Waals surface area contributed by atoms with Crippen molar-refractivity contribution < 1.29 is 9.90 Å². The molecular weight excluding hydrogens is 268 g/mol. The molecule has 0 atom stereocenters. The zero-order valence-electron chi connectivity index (χ0n) is 11.7. The van der Waals surface area contributed by atoms with Gasteiger partial charge in [0.2, 0.25) is 5.95 Å². The zero-order valence-corrected chi connectivity index (χ0v) is 11.7. The second-order valence-corrected chi connectivity index (χ2v) is 4.36. The molecule has 2 rings (SSSR count). The van der Waals surface area contributed by atoms with Crippen molar-refractivity contribution in [3.63, 3.8) is 0 Å². The molecule has 0 amide bonds. The highest BCUT2D eigenvalue weighted by molar-refractivity contribution is 5.85. The molecule has 0 unspecified atom stereocenters. The summed E-state index contributed by atoms with van der Waals surface area (Å²) in [5.74, 6) is -0.381. The average molecular weight is 284 g/mol. The minimum absolute atomic E-state index is 0.613. The molecule has 0 bridgehead atoms. The predicted octanol–water partition coefficient (Wildman–Crippen LogP) is 2.00. The number of hydrogen-bond donors (Lipinski definition) is 1. The second kappa shape index (κ2) is 7.14. The van der Waals surface area contributed by atoms with Crippen LogP contribution in [-0.4, -0.2) is 32.6 Å². The highest BCUT2D eigenvalue weighted by Crippen LogP contribution is 2.12. The van der Waals surface area contributed by atoms with Crippen molar-refractivity contribution in [1.29, 1.82) is 0 Å². The van der Waals surface area contributed by atoms with E-state index in [4.69, 9.17) is 5.11 Å². The number of hydrogen-bond acceptors (Lipinski definition) is 5. The highest BCUT2D eigenvalue weighted by atomic mass is 16.4. The van der Waals surface area contributed by atoms with Crippen LogP contribution < -0.4 is 4.90 Å². The SMILES string of the molecule is CCN(Cc1ccncc1)c1ncc(/C=C/C(=O)O)cn1. The molecule has 0 saturated heterocycles. The lowest BCUT2D eigenvalue weighted by atomic mass is 10.2. The first kappa shape index (κ1) is 14.6. The Morgan fingerprint density at radius 1 is 1.29 bits per heavy atom. The molecule has 0 aromatic carbocycles. The van der Waals surface area contributed by atoms with E-state index in [-0.39, 0.29) is 0 Å². The van der Waals surface area contributed by atoms with Crippen molar-refractivity contribution in [2.75, 3.05) is 11.4 Å². The Kier molecular flexibility index (Phi) is 4.98. The van der Waals surface area contributed by atoms with E-state index in [1.54, 1.807) is 24.8 Å². The topological polar surface area (TPSA) is 79.2 Å². The summed E-state index contributed by atoms with van der Waals surface area (Å²) in [5.41, 5.74) is 1.78. The van der Waals surface area contributed by atoms with Gasteiger partial charge in [-0.3, -0.25) is 4.98 Å². The molecule has 1 N–H and O–H groups in total. The second-order valence-electron chi connectivity index (χ2n) is 4.36. The number of rotatable bonds is 6. The van der Waals surface area contributed by atoms with Crippen molar-refractivity contribution in [2.45, 2.75) is 13.5 Å². The van der Waals surface area contributed by atoms with Crippen LogP contribution in [0.2, 0.25) is 0 Å². The lowest BCUT2D eigenvalue weighted by Gasteiger charge is -2.20. The van der Waals surface area contributed by atoms with E-state index in [0.29, 0.717) is 18.1 Å². The smallest absolute Gasteiger partial charge is 0.328 e. The van der Waals surface area contributed by atoms with Gasteiger partial charge in [0.25, 0.3) is 0 Å². The van der Waals surface area contributed by atoms with Gasteiger partial charge in [-0.1, -0.05) is 0 Å². The zero-order chi connectivity index (χ0) is 15.1. The molecule has 2 heterocycles. The number of aromatic nitrogens is 3. The normalized spacial score (nSPS) is 10.7. The third-order valence-electron chi connectivity index (χ3n) is 2.86. The van der Waals surface area contributed by atoms with Crippen LogP contribution in [0.25, 0.3) is 6.08 Å². The van der Waals surface area contributed by atoms with Gasteiger partial charge >= 0.3 is 5.97 Å². The van der Waals surface area contributed by atoms with Gasteiger partial charge in [0.1, 0.15) is 0 Å². The number of aliphatic carboxylic acids is 1. The summed E-state index contributed by atoms with van der Waals surface area (Å²) in [4.78, 5) is 25.0. The van der Waals surface area contributed by atoms with E-state index in [9.17, 15) is 4.79 Å². The summed E-state index contributed by atoms with van der Waals surface area (Å²) < 4.78 is 0. The standard InChI is InChI=1S/C15H16N4O2/c1-2-19(11-12-5-7-16-8-6-12)15-17-9-13(10-18-15)3-4-14(20)21/h3-10H,2,11H2,1H3,(H,20,21)/b4-3+. The van der Waals surface area contributed by atoms with Crippen molar-refractivity contribution in [2.24, 2.45) is 0 Å². The van der Waals surface area contributed by atoms with Crippen LogP contribution in [0, 0.1) is 0 Å². The van der Waals surface area contributed by atoms with Crippen LogP contribution in [0.15, 0.2) is 43.0 Å². The number of carboxylic acid groups (broad SMARTS) is 1. The monoisotopic (exact) mass is 284 g/mol. The number of carbonyl (C=O) groups is 1. The summed E-state index contributed by atoms with van der Waals surface area (Å²) >= 11 is 0. The number of nitrogens with zero attached hydrogens (tertiary/aromatic N) is 4. The Hall–Kier alpha value is -2.76. The van der Waals surface area contributed by atoms with Crippen LogP contribution in [0.4, 0.5) is 5.95 Å². The molecule has 0 aliphatic carbocycles. The maximum Gasteiger partial charge on any atom is 0.328 e. The Balaban J connectivity index is 2.10. The van der Waals surface area contributed by atoms with Gasteiger partial charge in [0, 0.05) is 49.5 Å². The van der Waals surface area contributed by atoms with Gasteiger partial charge in [0.05, 0.1) is 0 Å². The van der Waals surface area contributed by atoms with E-state index in [1.807, 2.05) is 24.0 Å². The van der Waals surface area contributed by atoms with E-state index in [1.165, 1.54) is 6.08 Å². The molecule has 0 spiro atoms. The quantitative estimate of drug-likeness (QED) is 0.817. The van der Waals surface area contributed by atoms with E-state index < -0.39 is 5.97 Å². The van der Waals surface area contributed by atoms with Gasteiger partial charge in [-0.15, -0.1) is 0 Å². The highest BCUT2D eigenvalue weighted by Gasteiger charge is 2.07. The number of carboxylic acids is 1. The van der Waals surface area contributed by atoms with Crippen LogP contribution >= 0.6 is 0 Å². The number of pyridine rings is 1. The minimum atomic E-state index is -0.994. The lowest BCUT2D eigenvalue weighted by molar-refractivity contribution is -0.131. The largest absolute Gasteiger partial charge is 0.478 e. The number of anilines is 1. The van der Waals surface area contributed by atoms with Crippen LogP contribution in [0.3, 0.4) is 0 Å².